The fourth-order valence-corrected chi connectivity index (χ4v) is 1.29. The van der Waals surface area contributed by atoms with Gasteiger partial charge in [-0.2, -0.15) is 0 Å². The number of ether oxygens (including phenoxy) is 1. The molecular formula is C11H22O4. The van der Waals surface area contributed by atoms with Gasteiger partial charge in [0, 0.05) is 6.92 Å². The van der Waals surface area contributed by atoms with Crippen molar-refractivity contribution in [3.8, 4) is 0 Å². The number of esters is 1. The minimum atomic E-state index is -0.962. The first-order chi connectivity index (χ1) is 7.07. The van der Waals surface area contributed by atoms with Gasteiger partial charge in [-0.15, -0.1) is 0 Å². The van der Waals surface area contributed by atoms with Gasteiger partial charge in [0.05, 0.1) is 6.10 Å². The molecule has 0 aromatic heterocycles. The monoisotopic (exact) mass is 218 g/mol. The number of hydrogen-bond donors (Lipinski definition) is 2. The highest BCUT2D eigenvalue weighted by molar-refractivity contribution is 5.65. The Labute approximate surface area is 91.3 Å². The number of unbranched alkanes of at least 4 members (excludes halogenated alkanes) is 3. The van der Waals surface area contributed by atoms with Crippen LogP contribution >= 0.6 is 0 Å². The summed E-state index contributed by atoms with van der Waals surface area (Å²) >= 11 is 0. The van der Waals surface area contributed by atoms with Gasteiger partial charge in [0.15, 0.2) is 0 Å². The molecule has 0 amide bonds. The normalized spacial score (nSPS) is 14.7. The number of carbonyl (C=O) groups excluding carboxylic acids is 1. The van der Waals surface area contributed by atoms with Crippen LogP contribution in [0.1, 0.15) is 46.0 Å². The van der Waals surface area contributed by atoms with Gasteiger partial charge in [-0.3, -0.25) is 4.79 Å². The van der Waals surface area contributed by atoms with Crippen molar-refractivity contribution in [2.75, 3.05) is 6.61 Å². The van der Waals surface area contributed by atoms with Crippen LogP contribution in [0.3, 0.4) is 0 Å². The highest BCUT2D eigenvalue weighted by atomic mass is 16.5. The molecule has 4 heteroatoms. The van der Waals surface area contributed by atoms with E-state index in [9.17, 15) is 15.0 Å². The molecule has 0 radical (unpaired) electrons. The van der Waals surface area contributed by atoms with Crippen molar-refractivity contribution in [1.29, 1.82) is 0 Å². The van der Waals surface area contributed by atoms with Gasteiger partial charge < -0.3 is 14.9 Å². The van der Waals surface area contributed by atoms with Gasteiger partial charge in [0.25, 0.3) is 0 Å². The molecule has 0 aliphatic rings. The Morgan fingerprint density at radius 2 is 1.87 bits per heavy atom. The lowest BCUT2D eigenvalue weighted by Gasteiger charge is -2.17. The summed E-state index contributed by atoms with van der Waals surface area (Å²) < 4.78 is 4.60. The average Bonchev–Trinajstić information content (AvgIpc) is 2.20. The SMILES string of the molecule is CCCCCCC(O)C(O)COC(C)=O. The Kier molecular flexibility index (Phi) is 8.33. The largest absolute Gasteiger partial charge is 0.463 e. The van der Waals surface area contributed by atoms with Gasteiger partial charge in [-0.25, -0.2) is 0 Å². The smallest absolute Gasteiger partial charge is 0.302 e. The van der Waals surface area contributed by atoms with E-state index in [1.807, 2.05) is 0 Å². The van der Waals surface area contributed by atoms with Crippen LogP contribution in [0.5, 0.6) is 0 Å². The second-order valence-corrected chi connectivity index (χ2v) is 3.79. The molecule has 0 aliphatic carbocycles. The third-order valence-electron chi connectivity index (χ3n) is 2.25. The number of aliphatic hydroxyl groups excluding tert-OH is 2. The van der Waals surface area contributed by atoms with Crippen LogP contribution in [0.25, 0.3) is 0 Å². The van der Waals surface area contributed by atoms with E-state index < -0.39 is 18.2 Å². The van der Waals surface area contributed by atoms with Gasteiger partial charge in [0.2, 0.25) is 0 Å². The fourth-order valence-electron chi connectivity index (χ4n) is 1.29. The summed E-state index contributed by atoms with van der Waals surface area (Å²) in [5, 5.41) is 18.9. The first kappa shape index (κ1) is 14.4. The van der Waals surface area contributed by atoms with Crippen LogP contribution in [0.2, 0.25) is 0 Å². The molecule has 0 saturated carbocycles. The molecule has 0 aromatic carbocycles. The summed E-state index contributed by atoms with van der Waals surface area (Å²) in [6.45, 7) is 3.27. The van der Waals surface area contributed by atoms with Crippen LogP contribution in [-0.4, -0.2) is 35.0 Å². The van der Waals surface area contributed by atoms with E-state index in [2.05, 4.69) is 11.7 Å². The van der Waals surface area contributed by atoms with E-state index >= 15 is 0 Å². The topological polar surface area (TPSA) is 66.8 Å². The molecule has 2 N–H and O–H groups in total. The molecule has 0 fully saturated rings. The lowest BCUT2D eigenvalue weighted by atomic mass is 10.1. The van der Waals surface area contributed by atoms with E-state index in [0.717, 1.165) is 25.7 Å². The van der Waals surface area contributed by atoms with Crippen LogP contribution in [0.15, 0.2) is 0 Å². The predicted octanol–water partition coefficient (Wildman–Crippen LogP) is 1.24. The summed E-state index contributed by atoms with van der Waals surface area (Å²) in [6, 6.07) is 0. The van der Waals surface area contributed by atoms with Crippen LogP contribution in [0.4, 0.5) is 0 Å². The fraction of sp³-hybridized carbons (Fsp3) is 0.909. The second-order valence-electron chi connectivity index (χ2n) is 3.79. The number of rotatable bonds is 8. The van der Waals surface area contributed by atoms with E-state index in [1.165, 1.54) is 6.92 Å². The molecule has 0 spiro atoms. The molecule has 4 nitrogen and oxygen atoms in total. The highest BCUT2D eigenvalue weighted by Gasteiger charge is 2.16. The van der Waals surface area contributed by atoms with E-state index in [0.29, 0.717) is 6.42 Å². The quantitative estimate of drug-likeness (QED) is 0.475. The molecular weight excluding hydrogens is 196 g/mol. The van der Waals surface area contributed by atoms with Gasteiger partial charge in [-0.1, -0.05) is 32.6 Å². The molecule has 0 rings (SSSR count). The Hall–Kier alpha value is -0.610. The lowest BCUT2D eigenvalue weighted by Crippen LogP contribution is -2.31. The summed E-state index contributed by atoms with van der Waals surface area (Å²) in [5.74, 6) is -0.438. The maximum Gasteiger partial charge on any atom is 0.302 e. The molecule has 90 valence electrons. The summed E-state index contributed by atoms with van der Waals surface area (Å²) in [5.41, 5.74) is 0. The molecule has 2 unspecified atom stereocenters. The van der Waals surface area contributed by atoms with Crippen molar-refractivity contribution >= 4 is 5.97 Å². The van der Waals surface area contributed by atoms with Gasteiger partial charge in [-0.05, 0) is 6.42 Å². The Balaban J connectivity index is 3.50. The second kappa shape index (κ2) is 8.68. The number of carbonyl (C=O) groups is 1. The molecule has 15 heavy (non-hydrogen) atoms. The van der Waals surface area contributed by atoms with Crippen molar-refractivity contribution in [3.05, 3.63) is 0 Å². The summed E-state index contributed by atoms with van der Waals surface area (Å²) in [6.07, 6.45) is 3.05. The molecule has 0 aromatic rings. The third kappa shape index (κ3) is 8.39. The van der Waals surface area contributed by atoms with Crippen LogP contribution in [0, 0.1) is 0 Å². The van der Waals surface area contributed by atoms with Crippen molar-refractivity contribution in [2.45, 2.75) is 58.2 Å². The van der Waals surface area contributed by atoms with Crippen molar-refractivity contribution in [2.24, 2.45) is 0 Å². The summed E-state index contributed by atoms with van der Waals surface area (Å²) in [7, 11) is 0. The first-order valence-corrected chi connectivity index (χ1v) is 5.57. The lowest BCUT2D eigenvalue weighted by molar-refractivity contribution is -0.146. The highest BCUT2D eigenvalue weighted by Crippen LogP contribution is 2.08. The zero-order valence-electron chi connectivity index (χ0n) is 9.61. The van der Waals surface area contributed by atoms with Crippen LogP contribution in [-0.2, 0) is 9.53 Å². The van der Waals surface area contributed by atoms with E-state index in [4.69, 9.17) is 0 Å². The zero-order valence-corrected chi connectivity index (χ0v) is 9.61. The van der Waals surface area contributed by atoms with Crippen molar-refractivity contribution in [1.82, 2.24) is 0 Å². The summed E-state index contributed by atoms with van der Waals surface area (Å²) in [4.78, 5) is 10.5. The number of hydrogen-bond acceptors (Lipinski definition) is 4. The van der Waals surface area contributed by atoms with Crippen molar-refractivity contribution in [3.63, 3.8) is 0 Å². The maximum absolute atomic E-state index is 10.5. The predicted molar refractivity (Wildman–Crippen MR) is 57.4 cm³/mol. The first-order valence-electron chi connectivity index (χ1n) is 5.57. The van der Waals surface area contributed by atoms with E-state index in [-0.39, 0.29) is 6.61 Å². The van der Waals surface area contributed by atoms with Crippen molar-refractivity contribution < 1.29 is 19.7 Å². The Morgan fingerprint density at radius 3 is 2.40 bits per heavy atom. The van der Waals surface area contributed by atoms with Crippen LogP contribution < -0.4 is 0 Å². The average molecular weight is 218 g/mol. The van der Waals surface area contributed by atoms with E-state index in [1.54, 1.807) is 0 Å². The molecule has 2 atom stereocenters. The molecule has 0 aliphatic heterocycles. The molecule has 0 bridgehead atoms. The minimum Gasteiger partial charge on any atom is -0.463 e. The maximum atomic E-state index is 10.5. The Bertz CT molecular complexity index is 170. The van der Waals surface area contributed by atoms with Gasteiger partial charge in [0.1, 0.15) is 12.7 Å². The minimum absolute atomic E-state index is 0.121. The third-order valence-corrected chi connectivity index (χ3v) is 2.25. The zero-order chi connectivity index (χ0) is 11.7. The molecule has 0 saturated heterocycles. The Morgan fingerprint density at radius 1 is 1.20 bits per heavy atom. The molecule has 0 heterocycles. The number of aliphatic hydroxyl groups is 2. The standard InChI is InChI=1S/C11H22O4/c1-3-4-5-6-7-10(13)11(14)8-15-9(2)12/h10-11,13-14H,3-8H2,1-2H3. The van der Waals surface area contributed by atoms with Gasteiger partial charge >= 0.3 is 5.97 Å².